The zero-order valence-electron chi connectivity index (χ0n) is 9.75. The number of ether oxygens (including phenoxy) is 1. The number of nitrogens with two attached hydrogens (primary N) is 1. The van der Waals surface area contributed by atoms with E-state index in [1.54, 1.807) is 18.4 Å². The van der Waals surface area contributed by atoms with E-state index in [-0.39, 0.29) is 0 Å². The highest BCUT2D eigenvalue weighted by Crippen LogP contribution is 2.37. The SMILES string of the molecule is COc1c(N)ncnc1-c1cccc2ccsc12. The molecule has 2 N–H and O–H groups in total. The predicted molar refractivity (Wildman–Crippen MR) is 73.8 cm³/mol. The highest BCUT2D eigenvalue weighted by molar-refractivity contribution is 7.17. The lowest BCUT2D eigenvalue weighted by atomic mass is 10.1. The van der Waals surface area contributed by atoms with E-state index < -0.39 is 0 Å². The van der Waals surface area contributed by atoms with Gasteiger partial charge in [-0.05, 0) is 16.8 Å². The predicted octanol–water partition coefficient (Wildman–Crippen LogP) is 2.95. The topological polar surface area (TPSA) is 61.0 Å². The van der Waals surface area contributed by atoms with Gasteiger partial charge in [-0.25, -0.2) is 9.97 Å². The van der Waals surface area contributed by atoms with Crippen LogP contribution in [0.5, 0.6) is 5.75 Å². The molecule has 0 aliphatic carbocycles. The molecule has 0 spiro atoms. The average Bonchev–Trinajstić information content (AvgIpc) is 2.86. The van der Waals surface area contributed by atoms with Crippen LogP contribution in [-0.2, 0) is 0 Å². The van der Waals surface area contributed by atoms with Gasteiger partial charge in [0.2, 0.25) is 0 Å². The molecule has 4 nitrogen and oxygen atoms in total. The molecular weight excluding hydrogens is 246 g/mol. The van der Waals surface area contributed by atoms with Gasteiger partial charge in [0.05, 0.1) is 7.11 Å². The van der Waals surface area contributed by atoms with Gasteiger partial charge < -0.3 is 10.5 Å². The number of anilines is 1. The molecule has 2 aromatic heterocycles. The van der Waals surface area contributed by atoms with Gasteiger partial charge in [-0.3, -0.25) is 0 Å². The molecule has 0 unspecified atom stereocenters. The van der Waals surface area contributed by atoms with Crippen molar-refractivity contribution in [1.29, 1.82) is 0 Å². The van der Waals surface area contributed by atoms with Crippen LogP contribution >= 0.6 is 11.3 Å². The van der Waals surface area contributed by atoms with Crippen LogP contribution in [0.4, 0.5) is 5.82 Å². The van der Waals surface area contributed by atoms with Gasteiger partial charge in [-0.15, -0.1) is 11.3 Å². The molecule has 0 bridgehead atoms. The standard InChI is InChI=1S/C13H11N3OS/c1-17-11-10(15-7-16-13(11)14)9-4-2-3-8-5-6-18-12(8)9/h2-7H,1H3,(H2,14,15,16). The number of rotatable bonds is 2. The van der Waals surface area contributed by atoms with Gasteiger partial charge >= 0.3 is 0 Å². The van der Waals surface area contributed by atoms with Crippen LogP contribution < -0.4 is 10.5 Å². The smallest absolute Gasteiger partial charge is 0.187 e. The molecule has 3 rings (SSSR count). The number of hydrogen-bond acceptors (Lipinski definition) is 5. The maximum atomic E-state index is 5.82. The summed E-state index contributed by atoms with van der Waals surface area (Å²) in [6.45, 7) is 0. The minimum Gasteiger partial charge on any atom is -0.491 e. The first kappa shape index (κ1) is 11.0. The Labute approximate surface area is 108 Å². The maximum Gasteiger partial charge on any atom is 0.187 e. The lowest BCUT2D eigenvalue weighted by Gasteiger charge is -2.09. The second kappa shape index (κ2) is 4.27. The molecule has 2 heterocycles. The normalized spacial score (nSPS) is 10.7. The Kier molecular flexibility index (Phi) is 2.60. The van der Waals surface area contributed by atoms with Crippen molar-refractivity contribution < 1.29 is 4.74 Å². The summed E-state index contributed by atoms with van der Waals surface area (Å²) in [6.07, 6.45) is 1.46. The Morgan fingerprint density at radius 1 is 1.22 bits per heavy atom. The minimum atomic E-state index is 0.357. The third kappa shape index (κ3) is 1.60. The Balaban J connectivity index is 2.32. The van der Waals surface area contributed by atoms with Crippen molar-refractivity contribution >= 4 is 27.2 Å². The summed E-state index contributed by atoms with van der Waals surface area (Å²) < 4.78 is 6.49. The van der Waals surface area contributed by atoms with Gasteiger partial charge in [0, 0.05) is 10.3 Å². The summed E-state index contributed by atoms with van der Waals surface area (Å²) in [5.74, 6) is 0.884. The van der Waals surface area contributed by atoms with Gasteiger partial charge in [0.15, 0.2) is 11.6 Å². The van der Waals surface area contributed by atoms with Crippen LogP contribution in [0.1, 0.15) is 0 Å². The van der Waals surface area contributed by atoms with Crippen molar-refractivity contribution in [2.45, 2.75) is 0 Å². The van der Waals surface area contributed by atoms with Gasteiger partial charge in [-0.1, -0.05) is 18.2 Å². The fourth-order valence-corrected chi connectivity index (χ4v) is 2.87. The molecule has 0 amide bonds. The monoisotopic (exact) mass is 257 g/mol. The molecule has 5 heteroatoms. The summed E-state index contributed by atoms with van der Waals surface area (Å²) in [7, 11) is 1.58. The van der Waals surface area contributed by atoms with E-state index in [1.807, 2.05) is 12.1 Å². The molecule has 0 fully saturated rings. The number of thiophene rings is 1. The largest absolute Gasteiger partial charge is 0.491 e. The first-order valence-electron chi connectivity index (χ1n) is 5.42. The first-order valence-corrected chi connectivity index (χ1v) is 6.30. The molecule has 0 radical (unpaired) electrons. The van der Waals surface area contributed by atoms with Crippen LogP contribution in [0.2, 0.25) is 0 Å². The van der Waals surface area contributed by atoms with Crippen molar-refractivity contribution in [1.82, 2.24) is 9.97 Å². The quantitative estimate of drug-likeness (QED) is 0.766. The fraction of sp³-hybridized carbons (Fsp3) is 0.0769. The van der Waals surface area contributed by atoms with E-state index in [2.05, 4.69) is 27.5 Å². The molecule has 0 aliphatic heterocycles. The molecule has 90 valence electrons. The van der Waals surface area contributed by atoms with Crippen LogP contribution in [-0.4, -0.2) is 17.1 Å². The lowest BCUT2D eigenvalue weighted by Crippen LogP contribution is -1.99. The van der Waals surface area contributed by atoms with Crippen LogP contribution in [0.25, 0.3) is 21.3 Å². The van der Waals surface area contributed by atoms with Crippen molar-refractivity contribution in [3.05, 3.63) is 36.0 Å². The summed E-state index contributed by atoms with van der Waals surface area (Å²) in [5, 5.41) is 3.25. The summed E-state index contributed by atoms with van der Waals surface area (Å²) >= 11 is 1.68. The average molecular weight is 257 g/mol. The molecule has 3 aromatic rings. The van der Waals surface area contributed by atoms with Gasteiger partial charge in [0.25, 0.3) is 0 Å². The highest BCUT2D eigenvalue weighted by Gasteiger charge is 2.14. The number of fused-ring (bicyclic) bond motifs is 1. The Morgan fingerprint density at radius 2 is 2.11 bits per heavy atom. The highest BCUT2D eigenvalue weighted by atomic mass is 32.1. The molecule has 0 aliphatic rings. The van der Waals surface area contributed by atoms with Crippen molar-refractivity contribution in [2.24, 2.45) is 0 Å². The lowest BCUT2D eigenvalue weighted by molar-refractivity contribution is 0.415. The van der Waals surface area contributed by atoms with Crippen LogP contribution in [0.3, 0.4) is 0 Å². The van der Waals surface area contributed by atoms with Crippen LogP contribution in [0.15, 0.2) is 36.0 Å². The number of benzene rings is 1. The minimum absolute atomic E-state index is 0.357. The van der Waals surface area contributed by atoms with E-state index in [1.165, 1.54) is 16.4 Å². The second-order valence-electron chi connectivity index (χ2n) is 3.79. The Hall–Kier alpha value is -2.14. The summed E-state index contributed by atoms with van der Waals surface area (Å²) in [6, 6.07) is 8.18. The molecule has 0 saturated heterocycles. The van der Waals surface area contributed by atoms with Crippen molar-refractivity contribution in [3.8, 4) is 17.0 Å². The molecule has 0 saturated carbocycles. The molecule has 18 heavy (non-hydrogen) atoms. The van der Waals surface area contributed by atoms with E-state index >= 15 is 0 Å². The van der Waals surface area contributed by atoms with Gasteiger partial charge in [-0.2, -0.15) is 0 Å². The Morgan fingerprint density at radius 3 is 2.94 bits per heavy atom. The molecule has 1 aromatic carbocycles. The van der Waals surface area contributed by atoms with Crippen molar-refractivity contribution in [2.75, 3.05) is 12.8 Å². The number of nitrogen functional groups attached to an aromatic ring is 1. The van der Waals surface area contributed by atoms with E-state index in [9.17, 15) is 0 Å². The summed E-state index contributed by atoms with van der Waals surface area (Å²) in [5.41, 5.74) is 7.57. The maximum absolute atomic E-state index is 5.82. The zero-order chi connectivity index (χ0) is 12.5. The zero-order valence-corrected chi connectivity index (χ0v) is 10.6. The van der Waals surface area contributed by atoms with E-state index in [4.69, 9.17) is 10.5 Å². The second-order valence-corrected chi connectivity index (χ2v) is 4.70. The fourth-order valence-electron chi connectivity index (χ4n) is 1.96. The molecule has 0 atom stereocenters. The number of methoxy groups -OCH3 is 1. The van der Waals surface area contributed by atoms with Gasteiger partial charge in [0.1, 0.15) is 12.0 Å². The first-order chi connectivity index (χ1) is 8.81. The van der Waals surface area contributed by atoms with E-state index in [0.29, 0.717) is 11.6 Å². The number of aromatic nitrogens is 2. The Bertz CT molecular complexity index is 708. The summed E-state index contributed by atoms with van der Waals surface area (Å²) in [4.78, 5) is 8.25. The van der Waals surface area contributed by atoms with Crippen LogP contribution in [0, 0.1) is 0 Å². The number of hydrogen-bond donors (Lipinski definition) is 1. The third-order valence-electron chi connectivity index (χ3n) is 2.77. The van der Waals surface area contributed by atoms with E-state index in [0.717, 1.165) is 11.3 Å². The van der Waals surface area contributed by atoms with Crippen molar-refractivity contribution in [3.63, 3.8) is 0 Å². The molecular formula is C13H11N3OS. The number of nitrogens with zero attached hydrogens (tertiary/aromatic N) is 2. The third-order valence-corrected chi connectivity index (χ3v) is 3.73.